The Morgan fingerprint density at radius 3 is 2.48 bits per heavy atom. The Hall–Kier alpha value is -2.99. The van der Waals surface area contributed by atoms with Crippen molar-refractivity contribution >= 4 is 28.2 Å². The molecule has 2 aromatic carbocycles. The maximum atomic E-state index is 12.1. The van der Waals surface area contributed by atoms with Gasteiger partial charge in [0.15, 0.2) is 17.5 Å². The van der Waals surface area contributed by atoms with E-state index in [2.05, 4.69) is 36.3 Å². The monoisotopic (exact) mass is 380 g/mol. The van der Waals surface area contributed by atoms with Crippen LogP contribution in [0.3, 0.4) is 0 Å². The number of carbonyl (C=O) groups is 2. The van der Waals surface area contributed by atoms with Crippen molar-refractivity contribution in [1.82, 2.24) is 4.98 Å². The summed E-state index contributed by atoms with van der Waals surface area (Å²) in [5, 5.41) is 5.20. The average Bonchev–Trinajstić information content (AvgIpc) is 3.11. The number of ether oxygens (including phenoxy) is 1. The molecule has 3 aromatic rings. The summed E-state index contributed by atoms with van der Waals surface area (Å²) in [7, 11) is 0. The van der Waals surface area contributed by atoms with Gasteiger partial charge in [0.2, 0.25) is 0 Å². The molecule has 0 atom stereocenters. The molecule has 3 rings (SSSR count). The van der Waals surface area contributed by atoms with Crippen molar-refractivity contribution in [2.75, 3.05) is 11.9 Å². The molecule has 1 heterocycles. The number of nitrogens with zero attached hydrogens (tertiary/aromatic N) is 1. The van der Waals surface area contributed by atoms with E-state index < -0.39 is 0 Å². The predicted octanol–water partition coefficient (Wildman–Crippen LogP) is 4.65. The Bertz CT molecular complexity index is 977. The predicted molar refractivity (Wildman–Crippen MR) is 108 cm³/mol. The highest BCUT2D eigenvalue weighted by molar-refractivity contribution is 7.14. The summed E-state index contributed by atoms with van der Waals surface area (Å²) in [6, 6.07) is 12.9. The highest BCUT2D eigenvalue weighted by atomic mass is 32.1. The lowest BCUT2D eigenvalue weighted by atomic mass is 10.1. The van der Waals surface area contributed by atoms with Crippen LogP contribution in [0.5, 0.6) is 5.75 Å². The number of hydrogen-bond acceptors (Lipinski definition) is 5. The lowest BCUT2D eigenvalue weighted by Crippen LogP contribution is -2.20. The Morgan fingerprint density at radius 1 is 1.07 bits per heavy atom. The van der Waals surface area contributed by atoms with Gasteiger partial charge in [0.1, 0.15) is 5.75 Å². The molecular formula is C21H20N2O3S. The smallest absolute Gasteiger partial charge is 0.264 e. The van der Waals surface area contributed by atoms with Crippen molar-refractivity contribution in [2.24, 2.45) is 0 Å². The fourth-order valence-electron chi connectivity index (χ4n) is 2.45. The number of rotatable bonds is 6. The lowest BCUT2D eigenvalue weighted by Gasteiger charge is -2.06. The van der Waals surface area contributed by atoms with Gasteiger partial charge in [0, 0.05) is 16.5 Å². The van der Waals surface area contributed by atoms with Crippen LogP contribution < -0.4 is 10.1 Å². The number of benzene rings is 2. The minimum absolute atomic E-state index is 0.0114. The topological polar surface area (TPSA) is 68.3 Å². The Balaban J connectivity index is 1.57. The molecule has 0 spiro atoms. The Kier molecular flexibility index (Phi) is 5.66. The molecule has 138 valence electrons. The molecule has 0 saturated carbocycles. The van der Waals surface area contributed by atoms with E-state index >= 15 is 0 Å². The first-order valence-electron chi connectivity index (χ1n) is 8.49. The maximum Gasteiger partial charge on any atom is 0.264 e. The number of carbonyl (C=O) groups excluding carboxylic acids is 2. The fourth-order valence-corrected chi connectivity index (χ4v) is 3.19. The summed E-state index contributed by atoms with van der Waals surface area (Å²) in [6.07, 6.45) is 0. The van der Waals surface area contributed by atoms with Gasteiger partial charge in [-0.05, 0) is 62.2 Å². The summed E-state index contributed by atoms with van der Waals surface area (Å²) in [5.74, 6) is 0.236. The number of anilines is 1. The Morgan fingerprint density at radius 2 is 1.81 bits per heavy atom. The van der Waals surface area contributed by atoms with Crippen molar-refractivity contribution in [3.05, 3.63) is 64.5 Å². The van der Waals surface area contributed by atoms with Crippen molar-refractivity contribution in [1.29, 1.82) is 0 Å². The van der Waals surface area contributed by atoms with Gasteiger partial charge in [-0.3, -0.25) is 14.9 Å². The first kappa shape index (κ1) is 18.8. The molecule has 27 heavy (non-hydrogen) atoms. The molecule has 0 fully saturated rings. The second kappa shape index (κ2) is 8.14. The van der Waals surface area contributed by atoms with Gasteiger partial charge in [-0.2, -0.15) is 0 Å². The van der Waals surface area contributed by atoms with Crippen molar-refractivity contribution in [3.8, 4) is 17.0 Å². The first-order chi connectivity index (χ1) is 12.9. The zero-order valence-corrected chi connectivity index (χ0v) is 16.2. The van der Waals surface area contributed by atoms with Gasteiger partial charge in [0.25, 0.3) is 5.91 Å². The van der Waals surface area contributed by atoms with Gasteiger partial charge in [-0.15, -0.1) is 11.3 Å². The van der Waals surface area contributed by atoms with Crippen molar-refractivity contribution in [3.63, 3.8) is 0 Å². The number of ketones is 1. The van der Waals surface area contributed by atoms with Gasteiger partial charge >= 0.3 is 0 Å². The third-order valence-electron chi connectivity index (χ3n) is 4.18. The second-order valence-corrected chi connectivity index (χ2v) is 7.11. The molecule has 1 amide bonds. The highest BCUT2D eigenvalue weighted by Gasteiger charge is 2.10. The molecule has 1 aromatic heterocycles. The van der Waals surface area contributed by atoms with Crippen LogP contribution in [0.15, 0.2) is 47.8 Å². The van der Waals surface area contributed by atoms with Crippen LogP contribution in [0.4, 0.5) is 5.13 Å². The van der Waals surface area contributed by atoms with E-state index in [0.29, 0.717) is 16.4 Å². The number of hydrogen-bond donors (Lipinski definition) is 1. The molecule has 6 heteroatoms. The summed E-state index contributed by atoms with van der Waals surface area (Å²) < 4.78 is 5.45. The van der Waals surface area contributed by atoms with Crippen LogP contribution in [0.2, 0.25) is 0 Å². The molecule has 5 nitrogen and oxygen atoms in total. The Labute approximate surface area is 162 Å². The quantitative estimate of drug-likeness (QED) is 0.632. The first-order valence-corrected chi connectivity index (χ1v) is 9.37. The minimum atomic E-state index is -0.286. The summed E-state index contributed by atoms with van der Waals surface area (Å²) in [5.41, 5.74) is 4.90. The molecule has 0 bridgehead atoms. The molecule has 0 aliphatic carbocycles. The second-order valence-electron chi connectivity index (χ2n) is 6.25. The fraction of sp³-hybridized carbons (Fsp3) is 0.190. The molecule has 0 radical (unpaired) electrons. The number of nitrogens with one attached hydrogen (secondary N) is 1. The van der Waals surface area contributed by atoms with E-state index in [-0.39, 0.29) is 18.3 Å². The third kappa shape index (κ3) is 4.80. The van der Waals surface area contributed by atoms with Crippen molar-refractivity contribution < 1.29 is 14.3 Å². The maximum absolute atomic E-state index is 12.1. The lowest BCUT2D eigenvalue weighted by molar-refractivity contribution is -0.118. The van der Waals surface area contributed by atoms with Crippen LogP contribution in [0, 0.1) is 13.8 Å². The van der Waals surface area contributed by atoms with Crippen LogP contribution in [0.1, 0.15) is 28.4 Å². The highest BCUT2D eigenvalue weighted by Crippen LogP contribution is 2.26. The van der Waals surface area contributed by atoms with E-state index in [4.69, 9.17) is 4.74 Å². The van der Waals surface area contributed by atoms with Gasteiger partial charge in [-0.1, -0.05) is 12.1 Å². The van der Waals surface area contributed by atoms with Crippen LogP contribution in [0.25, 0.3) is 11.3 Å². The zero-order chi connectivity index (χ0) is 19.4. The normalized spacial score (nSPS) is 10.5. The van der Waals surface area contributed by atoms with Gasteiger partial charge in [0.05, 0.1) is 5.69 Å². The number of thiazole rings is 1. The van der Waals surface area contributed by atoms with Gasteiger partial charge < -0.3 is 4.74 Å². The number of aryl methyl sites for hydroxylation is 2. The van der Waals surface area contributed by atoms with Gasteiger partial charge in [-0.25, -0.2) is 4.98 Å². The van der Waals surface area contributed by atoms with E-state index in [9.17, 15) is 9.59 Å². The average molecular weight is 380 g/mol. The molecule has 0 unspecified atom stereocenters. The number of Topliss-reactive ketones (excluding diaryl/α,β-unsaturated/α-hetero) is 1. The van der Waals surface area contributed by atoms with Crippen LogP contribution >= 0.6 is 11.3 Å². The molecular weight excluding hydrogens is 360 g/mol. The van der Waals surface area contributed by atoms with E-state index in [1.165, 1.54) is 29.4 Å². The van der Waals surface area contributed by atoms with E-state index in [1.807, 2.05) is 11.4 Å². The number of amides is 1. The third-order valence-corrected chi connectivity index (χ3v) is 4.94. The number of aromatic nitrogens is 1. The van der Waals surface area contributed by atoms with Crippen LogP contribution in [-0.4, -0.2) is 23.3 Å². The van der Waals surface area contributed by atoms with E-state index in [1.54, 1.807) is 24.3 Å². The molecule has 0 aliphatic rings. The minimum Gasteiger partial charge on any atom is -0.484 e. The van der Waals surface area contributed by atoms with E-state index in [0.717, 1.165) is 11.3 Å². The largest absolute Gasteiger partial charge is 0.484 e. The SMILES string of the molecule is CC(=O)c1ccc(OCC(=O)Nc2nc(-c3ccc(C)c(C)c3)cs2)cc1. The molecule has 0 saturated heterocycles. The molecule has 0 aliphatic heterocycles. The molecule has 1 N–H and O–H groups in total. The summed E-state index contributed by atoms with van der Waals surface area (Å²) in [4.78, 5) is 27.8. The summed E-state index contributed by atoms with van der Waals surface area (Å²) in [6.45, 7) is 5.51. The standard InChI is InChI=1S/C21H20N2O3S/c1-13-4-5-17(10-14(13)2)19-12-27-21(22-19)23-20(25)11-26-18-8-6-16(7-9-18)15(3)24/h4-10,12H,11H2,1-3H3,(H,22,23,25). The van der Waals surface area contributed by atoms with Crippen LogP contribution in [-0.2, 0) is 4.79 Å². The zero-order valence-electron chi connectivity index (χ0n) is 15.4. The van der Waals surface area contributed by atoms with Crippen molar-refractivity contribution in [2.45, 2.75) is 20.8 Å². The summed E-state index contributed by atoms with van der Waals surface area (Å²) >= 11 is 1.37.